The standard InChI is InChI=1S/C16H17N5O/c1-20-8-2-3-13(20)14-11-22-10-9-21(14)15-5-4-12-16(19-15)18-7-6-17-12/h2-8,14H,9-11H2,1H3/t14-/m0/s1. The maximum atomic E-state index is 5.69. The zero-order chi connectivity index (χ0) is 14.9. The van der Waals surface area contributed by atoms with E-state index in [4.69, 9.17) is 4.74 Å². The number of aryl methyl sites for hydroxylation is 1. The van der Waals surface area contributed by atoms with E-state index in [-0.39, 0.29) is 6.04 Å². The fourth-order valence-electron chi connectivity index (χ4n) is 2.95. The zero-order valence-corrected chi connectivity index (χ0v) is 12.4. The molecule has 22 heavy (non-hydrogen) atoms. The van der Waals surface area contributed by atoms with Crippen LogP contribution in [0.2, 0.25) is 0 Å². The molecule has 3 aromatic rings. The predicted molar refractivity (Wildman–Crippen MR) is 83.7 cm³/mol. The number of hydrogen-bond donors (Lipinski definition) is 0. The van der Waals surface area contributed by atoms with Crippen molar-refractivity contribution in [3.63, 3.8) is 0 Å². The predicted octanol–water partition coefficient (Wildman–Crippen LogP) is 1.94. The normalized spacial score (nSPS) is 18.8. The van der Waals surface area contributed by atoms with Crippen LogP contribution in [0.15, 0.2) is 42.9 Å². The van der Waals surface area contributed by atoms with Gasteiger partial charge in [-0.3, -0.25) is 4.98 Å². The Balaban J connectivity index is 1.75. The van der Waals surface area contributed by atoms with Crippen LogP contribution in [0.25, 0.3) is 11.2 Å². The molecule has 0 bridgehead atoms. The molecule has 1 atom stereocenters. The van der Waals surface area contributed by atoms with Gasteiger partial charge in [0.1, 0.15) is 11.3 Å². The largest absolute Gasteiger partial charge is 0.377 e. The van der Waals surface area contributed by atoms with Crippen molar-refractivity contribution in [2.75, 3.05) is 24.7 Å². The number of pyridine rings is 1. The van der Waals surface area contributed by atoms with E-state index in [1.54, 1.807) is 12.4 Å². The molecule has 1 saturated heterocycles. The van der Waals surface area contributed by atoms with Gasteiger partial charge in [-0.05, 0) is 24.3 Å². The van der Waals surface area contributed by atoms with Crippen LogP contribution in [-0.4, -0.2) is 39.3 Å². The molecule has 0 N–H and O–H groups in total. The molecule has 0 saturated carbocycles. The van der Waals surface area contributed by atoms with E-state index in [0.717, 1.165) is 17.9 Å². The molecule has 0 aliphatic carbocycles. The second-order valence-corrected chi connectivity index (χ2v) is 5.40. The Hall–Kier alpha value is -2.47. The number of rotatable bonds is 2. The number of hydrogen-bond acceptors (Lipinski definition) is 5. The van der Waals surface area contributed by atoms with E-state index in [1.807, 2.05) is 12.1 Å². The van der Waals surface area contributed by atoms with E-state index in [1.165, 1.54) is 5.69 Å². The first-order chi connectivity index (χ1) is 10.8. The van der Waals surface area contributed by atoms with Crippen LogP contribution in [0.1, 0.15) is 11.7 Å². The minimum atomic E-state index is 0.162. The fraction of sp³-hybridized carbons (Fsp3) is 0.312. The van der Waals surface area contributed by atoms with Gasteiger partial charge in [-0.25, -0.2) is 9.97 Å². The fourth-order valence-corrected chi connectivity index (χ4v) is 2.95. The highest BCUT2D eigenvalue weighted by Crippen LogP contribution is 2.29. The van der Waals surface area contributed by atoms with Crippen molar-refractivity contribution in [3.8, 4) is 0 Å². The van der Waals surface area contributed by atoms with Gasteiger partial charge in [0.05, 0.1) is 19.3 Å². The van der Waals surface area contributed by atoms with Crippen LogP contribution < -0.4 is 4.90 Å². The van der Waals surface area contributed by atoms with E-state index < -0.39 is 0 Å². The SMILES string of the molecule is Cn1cccc1[C@@H]1COCCN1c1ccc2nccnc2n1. The third kappa shape index (κ3) is 2.21. The summed E-state index contributed by atoms with van der Waals surface area (Å²) in [4.78, 5) is 15.5. The highest BCUT2D eigenvalue weighted by molar-refractivity contribution is 5.71. The lowest BCUT2D eigenvalue weighted by Gasteiger charge is -2.36. The Bertz CT molecular complexity index is 800. The summed E-state index contributed by atoms with van der Waals surface area (Å²) in [5, 5.41) is 0. The number of anilines is 1. The van der Waals surface area contributed by atoms with Crippen molar-refractivity contribution < 1.29 is 4.74 Å². The Morgan fingerprint density at radius 2 is 2.09 bits per heavy atom. The Morgan fingerprint density at radius 1 is 1.18 bits per heavy atom. The molecule has 1 aliphatic heterocycles. The van der Waals surface area contributed by atoms with Crippen molar-refractivity contribution >= 4 is 17.0 Å². The van der Waals surface area contributed by atoms with Gasteiger partial charge in [0, 0.05) is 37.9 Å². The molecule has 4 heterocycles. The summed E-state index contributed by atoms with van der Waals surface area (Å²) in [6.07, 6.45) is 5.42. The summed E-state index contributed by atoms with van der Waals surface area (Å²) in [6.45, 7) is 2.19. The third-order valence-corrected chi connectivity index (χ3v) is 4.07. The van der Waals surface area contributed by atoms with Crippen molar-refractivity contribution in [2.45, 2.75) is 6.04 Å². The quantitative estimate of drug-likeness (QED) is 0.723. The second-order valence-electron chi connectivity index (χ2n) is 5.40. The first-order valence-electron chi connectivity index (χ1n) is 7.36. The van der Waals surface area contributed by atoms with Gasteiger partial charge in [-0.1, -0.05) is 0 Å². The van der Waals surface area contributed by atoms with E-state index in [0.29, 0.717) is 18.9 Å². The maximum absolute atomic E-state index is 5.69. The molecule has 0 amide bonds. The van der Waals surface area contributed by atoms with E-state index in [2.05, 4.69) is 49.8 Å². The minimum absolute atomic E-state index is 0.162. The average molecular weight is 295 g/mol. The summed E-state index contributed by atoms with van der Waals surface area (Å²) < 4.78 is 7.82. The van der Waals surface area contributed by atoms with Gasteiger partial charge >= 0.3 is 0 Å². The van der Waals surface area contributed by atoms with Gasteiger partial charge in [0.15, 0.2) is 5.65 Å². The summed E-state index contributed by atoms with van der Waals surface area (Å²) in [5.74, 6) is 0.919. The summed E-state index contributed by atoms with van der Waals surface area (Å²) in [6, 6.07) is 8.34. The number of ether oxygens (including phenoxy) is 1. The van der Waals surface area contributed by atoms with E-state index in [9.17, 15) is 0 Å². The van der Waals surface area contributed by atoms with Gasteiger partial charge < -0.3 is 14.2 Å². The highest BCUT2D eigenvalue weighted by Gasteiger charge is 2.27. The van der Waals surface area contributed by atoms with Crippen LogP contribution in [0, 0.1) is 0 Å². The molecule has 0 spiro atoms. The molecule has 1 fully saturated rings. The maximum Gasteiger partial charge on any atom is 0.180 e. The molecule has 4 rings (SSSR count). The highest BCUT2D eigenvalue weighted by atomic mass is 16.5. The molecule has 6 nitrogen and oxygen atoms in total. The minimum Gasteiger partial charge on any atom is -0.377 e. The average Bonchev–Trinajstić information content (AvgIpc) is 3.00. The lowest BCUT2D eigenvalue weighted by atomic mass is 10.1. The third-order valence-electron chi connectivity index (χ3n) is 4.07. The van der Waals surface area contributed by atoms with Gasteiger partial charge in [-0.2, -0.15) is 0 Å². The Kier molecular flexibility index (Phi) is 3.23. The topological polar surface area (TPSA) is 56.1 Å². The summed E-state index contributed by atoms with van der Waals surface area (Å²) in [5.41, 5.74) is 2.72. The lowest BCUT2D eigenvalue weighted by Crippen LogP contribution is -2.40. The number of nitrogens with zero attached hydrogens (tertiary/aromatic N) is 5. The van der Waals surface area contributed by atoms with Crippen molar-refractivity contribution in [1.82, 2.24) is 19.5 Å². The van der Waals surface area contributed by atoms with Gasteiger partial charge in [0.25, 0.3) is 0 Å². The molecule has 0 unspecified atom stereocenters. The number of fused-ring (bicyclic) bond motifs is 1. The van der Waals surface area contributed by atoms with Crippen LogP contribution in [0.3, 0.4) is 0 Å². The molecule has 0 radical (unpaired) electrons. The first-order valence-corrected chi connectivity index (χ1v) is 7.36. The smallest absolute Gasteiger partial charge is 0.180 e. The van der Waals surface area contributed by atoms with Gasteiger partial charge in [0.2, 0.25) is 0 Å². The van der Waals surface area contributed by atoms with Crippen molar-refractivity contribution in [3.05, 3.63) is 48.5 Å². The summed E-state index contributed by atoms with van der Waals surface area (Å²) in [7, 11) is 2.06. The second kappa shape index (κ2) is 5.38. The first kappa shape index (κ1) is 13.2. The Labute approximate surface area is 128 Å². The van der Waals surface area contributed by atoms with Crippen molar-refractivity contribution in [2.24, 2.45) is 7.05 Å². The molecule has 3 aromatic heterocycles. The zero-order valence-electron chi connectivity index (χ0n) is 12.4. The molecular formula is C16H17N5O. The van der Waals surface area contributed by atoms with Crippen LogP contribution in [0.5, 0.6) is 0 Å². The Morgan fingerprint density at radius 3 is 2.95 bits per heavy atom. The monoisotopic (exact) mass is 295 g/mol. The molecule has 6 heteroatoms. The van der Waals surface area contributed by atoms with Crippen LogP contribution >= 0.6 is 0 Å². The van der Waals surface area contributed by atoms with Crippen LogP contribution in [0.4, 0.5) is 5.82 Å². The molecule has 112 valence electrons. The molecule has 1 aliphatic rings. The lowest BCUT2D eigenvalue weighted by molar-refractivity contribution is 0.0918. The molecular weight excluding hydrogens is 278 g/mol. The molecule has 0 aromatic carbocycles. The number of aromatic nitrogens is 4. The van der Waals surface area contributed by atoms with Crippen molar-refractivity contribution in [1.29, 1.82) is 0 Å². The van der Waals surface area contributed by atoms with Crippen LogP contribution in [-0.2, 0) is 11.8 Å². The summed E-state index contributed by atoms with van der Waals surface area (Å²) >= 11 is 0. The number of morpholine rings is 1. The van der Waals surface area contributed by atoms with Gasteiger partial charge in [-0.15, -0.1) is 0 Å². The van der Waals surface area contributed by atoms with E-state index >= 15 is 0 Å².